The van der Waals surface area contributed by atoms with E-state index in [9.17, 15) is 52.7 Å². The highest BCUT2D eigenvalue weighted by molar-refractivity contribution is 6.08. The van der Waals surface area contributed by atoms with E-state index < -0.39 is 69.7 Å². The molecule has 0 saturated heterocycles. The normalized spacial score (nSPS) is 13.4. The summed E-state index contributed by atoms with van der Waals surface area (Å²) in [6.45, 7) is 0. The van der Waals surface area contributed by atoms with Crippen molar-refractivity contribution in [1.29, 1.82) is 0 Å². The largest absolute Gasteiger partial charge is 0.463 e. The number of benzene rings is 3. The number of alkyl halides is 12. The number of rotatable bonds is 2. The molecular weight excluding hydrogens is 584 g/mol. The fourth-order valence-corrected chi connectivity index (χ4v) is 4.57. The van der Waals surface area contributed by atoms with Crippen LogP contribution in [0.3, 0.4) is 0 Å². The van der Waals surface area contributed by atoms with Crippen LogP contribution in [0.5, 0.6) is 0 Å². The lowest BCUT2D eigenvalue weighted by Crippen LogP contribution is -2.27. The lowest BCUT2D eigenvalue weighted by atomic mass is 9.86. The van der Waals surface area contributed by atoms with Crippen molar-refractivity contribution in [2.24, 2.45) is 0 Å². The molecule has 5 rings (SSSR count). The van der Waals surface area contributed by atoms with Crippen molar-refractivity contribution in [3.8, 4) is 22.7 Å². The summed E-state index contributed by atoms with van der Waals surface area (Å²) in [5, 5.41) is 7.01. The Labute approximate surface area is 220 Å². The van der Waals surface area contributed by atoms with Crippen molar-refractivity contribution >= 4 is 21.5 Å². The van der Waals surface area contributed by atoms with Gasteiger partial charge < -0.3 is 4.42 Å². The Morgan fingerprint density at radius 3 is 1.49 bits per heavy atom. The van der Waals surface area contributed by atoms with Crippen LogP contribution in [0.1, 0.15) is 22.3 Å². The van der Waals surface area contributed by atoms with Gasteiger partial charge in [-0.25, -0.2) is 0 Å². The number of aromatic nitrogens is 2. The van der Waals surface area contributed by atoms with Crippen LogP contribution >= 0.6 is 0 Å². The Bertz CT molecular complexity index is 1780. The van der Waals surface area contributed by atoms with Gasteiger partial charge in [0.15, 0.2) is 5.76 Å². The predicted molar refractivity (Wildman–Crippen MR) is 120 cm³/mol. The molecule has 0 N–H and O–H groups in total. The summed E-state index contributed by atoms with van der Waals surface area (Å²) in [6, 6.07) is 10.1. The smallest absolute Gasteiger partial charge is 0.417 e. The zero-order chi connectivity index (χ0) is 30.1. The maximum Gasteiger partial charge on any atom is 0.417 e. The number of halogens is 12. The maximum atomic E-state index is 14.3. The topological polar surface area (TPSA) is 38.9 Å². The molecule has 0 aliphatic heterocycles. The second kappa shape index (κ2) is 9.11. The van der Waals surface area contributed by atoms with Gasteiger partial charge in [-0.15, -0.1) is 10.2 Å². The number of furan rings is 1. The number of hydrogen-bond donors (Lipinski definition) is 0. The molecule has 0 radical (unpaired) electrons. The molecule has 0 fully saturated rings. The molecule has 0 amide bonds. The second-order valence-electron chi connectivity index (χ2n) is 8.71. The average molecular weight is 594 g/mol. The summed E-state index contributed by atoms with van der Waals surface area (Å²) in [5.74, 6) is -0.0418. The molecule has 2 aromatic heterocycles. The highest BCUT2D eigenvalue weighted by Crippen LogP contribution is 2.54. The zero-order valence-electron chi connectivity index (χ0n) is 19.6. The molecular formula is C26H10F12N2O. The summed E-state index contributed by atoms with van der Waals surface area (Å²) in [4.78, 5) is 0. The first kappa shape index (κ1) is 28.2. The van der Waals surface area contributed by atoms with Gasteiger partial charge in [-0.1, -0.05) is 24.3 Å². The standard InChI is InChI=1S/C26H10F12N2O/c27-23(28,29)15-10-16(24(30,31)32)19(25(33,34)35)20(26(36,37)38)18(15)22-14-9-12-5-2-1-4-11(12)8-13(14)21(39-40-22)17-6-3-7-41-17/h1-10H. The summed E-state index contributed by atoms with van der Waals surface area (Å²) >= 11 is 0. The van der Waals surface area contributed by atoms with E-state index >= 15 is 0 Å². The Hall–Kier alpha value is -4.30. The molecule has 3 nitrogen and oxygen atoms in total. The van der Waals surface area contributed by atoms with Gasteiger partial charge in [0.1, 0.15) is 11.4 Å². The van der Waals surface area contributed by atoms with Crippen molar-refractivity contribution in [3.05, 3.63) is 83.1 Å². The summed E-state index contributed by atoms with van der Waals surface area (Å²) in [7, 11) is 0. The first-order valence-corrected chi connectivity index (χ1v) is 11.1. The average Bonchev–Trinajstić information content (AvgIpc) is 3.38. The third-order valence-electron chi connectivity index (χ3n) is 6.14. The molecule has 2 heterocycles. The van der Waals surface area contributed by atoms with Gasteiger partial charge in [0, 0.05) is 16.3 Å². The molecule has 15 heteroatoms. The van der Waals surface area contributed by atoms with E-state index in [1.54, 1.807) is 6.07 Å². The Morgan fingerprint density at radius 2 is 1.02 bits per heavy atom. The molecule has 0 aliphatic rings. The molecule has 0 aliphatic carbocycles. The highest BCUT2D eigenvalue weighted by atomic mass is 19.4. The van der Waals surface area contributed by atoms with Crippen LogP contribution < -0.4 is 0 Å². The van der Waals surface area contributed by atoms with Crippen LogP contribution in [-0.2, 0) is 24.7 Å². The SMILES string of the molecule is FC(F)(F)c1cc(C(F)(F)F)c(C(F)(F)F)c(C(F)(F)F)c1-c1nnc(-c2ccco2)c2cc3ccccc3cc12. The quantitative estimate of drug-likeness (QED) is 0.151. The lowest BCUT2D eigenvalue weighted by Gasteiger charge is -2.26. The van der Waals surface area contributed by atoms with Crippen LogP contribution in [0.25, 0.3) is 44.3 Å². The third kappa shape index (κ3) is 4.93. The fraction of sp³-hybridized carbons (Fsp3) is 0.154. The zero-order valence-corrected chi connectivity index (χ0v) is 19.6. The molecule has 5 aromatic rings. The van der Waals surface area contributed by atoms with Crippen molar-refractivity contribution in [1.82, 2.24) is 10.2 Å². The summed E-state index contributed by atoms with van der Waals surface area (Å²) in [6.07, 6.45) is -23.8. The lowest BCUT2D eigenvalue weighted by molar-refractivity contribution is -0.175. The number of nitrogens with zero attached hydrogens (tertiary/aromatic N) is 2. The minimum Gasteiger partial charge on any atom is -0.463 e. The molecule has 0 bridgehead atoms. The van der Waals surface area contributed by atoms with Crippen molar-refractivity contribution < 1.29 is 57.1 Å². The molecule has 0 unspecified atom stereocenters. The minimum atomic E-state index is -6.38. The van der Waals surface area contributed by atoms with Crippen LogP contribution in [0, 0.1) is 0 Å². The predicted octanol–water partition coefficient (Wildman–Crippen LogP) is 9.79. The van der Waals surface area contributed by atoms with E-state index in [4.69, 9.17) is 4.42 Å². The van der Waals surface area contributed by atoms with Crippen LogP contribution in [0.15, 0.2) is 65.3 Å². The van der Waals surface area contributed by atoms with E-state index in [1.807, 2.05) is 0 Å². The number of hydrogen-bond acceptors (Lipinski definition) is 3. The first-order chi connectivity index (χ1) is 18.9. The van der Waals surface area contributed by atoms with Gasteiger partial charge in [0.2, 0.25) is 0 Å². The van der Waals surface area contributed by atoms with E-state index in [0.717, 1.165) is 6.07 Å². The third-order valence-corrected chi connectivity index (χ3v) is 6.14. The van der Waals surface area contributed by atoms with Crippen molar-refractivity contribution in [2.45, 2.75) is 24.7 Å². The summed E-state index contributed by atoms with van der Waals surface area (Å²) < 4.78 is 173. The van der Waals surface area contributed by atoms with Gasteiger partial charge in [-0.05, 0) is 41.1 Å². The minimum absolute atomic E-state index is 0.0418. The Balaban J connectivity index is 2.06. The van der Waals surface area contributed by atoms with Crippen molar-refractivity contribution in [3.63, 3.8) is 0 Å². The van der Waals surface area contributed by atoms with E-state index in [1.165, 1.54) is 42.7 Å². The molecule has 0 saturated carbocycles. The second-order valence-corrected chi connectivity index (χ2v) is 8.71. The van der Waals surface area contributed by atoms with Crippen LogP contribution in [-0.4, -0.2) is 10.2 Å². The molecule has 3 aromatic carbocycles. The molecule has 41 heavy (non-hydrogen) atoms. The van der Waals surface area contributed by atoms with Crippen LogP contribution in [0.2, 0.25) is 0 Å². The van der Waals surface area contributed by atoms with E-state index in [2.05, 4.69) is 10.2 Å². The summed E-state index contributed by atoms with van der Waals surface area (Å²) in [5.41, 5.74) is -16.1. The van der Waals surface area contributed by atoms with E-state index in [-0.39, 0.29) is 22.2 Å². The monoisotopic (exact) mass is 594 g/mol. The molecule has 0 spiro atoms. The van der Waals surface area contributed by atoms with Gasteiger partial charge >= 0.3 is 24.7 Å². The number of fused-ring (bicyclic) bond motifs is 2. The van der Waals surface area contributed by atoms with Crippen LogP contribution in [0.4, 0.5) is 52.7 Å². The van der Waals surface area contributed by atoms with E-state index in [0.29, 0.717) is 5.39 Å². The van der Waals surface area contributed by atoms with Gasteiger partial charge in [-0.2, -0.15) is 52.7 Å². The first-order valence-electron chi connectivity index (χ1n) is 11.1. The van der Waals surface area contributed by atoms with Gasteiger partial charge in [-0.3, -0.25) is 0 Å². The van der Waals surface area contributed by atoms with Gasteiger partial charge in [0.25, 0.3) is 0 Å². The fourth-order valence-electron chi connectivity index (χ4n) is 4.57. The molecule has 214 valence electrons. The highest BCUT2D eigenvalue weighted by Gasteiger charge is 2.54. The Kier molecular flexibility index (Phi) is 6.27. The Morgan fingerprint density at radius 1 is 0.512 bits per heavy atom. The molecule has 0 atom stereocenters. The maximum absolute atomic E-state index is 14.3. The van der Waals surface area contributed by atoms with Gasteiger partial charge in [0.05, 0.1) is 28.5 Å². The van der Waals surface area contributed by atoms with Crippen molar-refractivity contribution in [2.75, 3.05) is 0 Å².